The number of unbranched alkanes of at least 4 members (excludes halogenated alkanes) is 1. The fourth-order valence-electron chi connectivity index (χ4n) is 3.45. The first-order chi connectivity index (χ1) is 9.87. The van der Waals surface area contributed by atoms with Crippen molar-refractivity contribution in [3.8, 4) is 0 Å². The highest BCUT2D eigenvalue weighted by Gasteiger charge is 2.36. The van der Waals surface area contributed by atoms with E-state index in [1.165, 1.54) is 36.0 Å². The Morgan fingerprint density at radius 3 is 2.55 bits per heavy atom. The third-order valence-corrected chi connectivity index (χ3v) is 4.47. The van der Waals surface area contributed by atoms with E-state index in [1.54, 1.807) is 0 Å². The van der Waals surface area contributed by atoms with Gasteiger partial charge in [-0.25, -0.2) is 0 Å². The molecule has 1 aliphatic heterocycles. The molecular formula is C19H23N. The summed E-state index contributed by atoms with van der Waals surface area (Å²) in [4.78, 5) is 0. The summed E-state index contributed by atoms with van der Waals surface area (Å²) in [6.07, 6.45) is 4.79. The maximum absolute atomic E-state index is 3.84. The van der Waals surface area contributed by atoms with E-state index >= 15 is 0 Å². The Hall–Kier alpha value is -1.60. The Morgan fingerprint density at radius 2 is 1.75 bits per heavy atom. The second-order valence-electron chi connectivity index (χ2n) is 5.71. The van der Waals surface area contributed by atoms with E-state index in [4.69, 9.17) is 0 Å². The summed E-state index contributed by atoms with van der Waals surface area (Å²) in [7, 11) is 0. The minimum Gasteiger partial charge on any atom is -0.303 e. The van der Waals surface area contributed by atoms with Crippen molar-refractivity contribution in [3.05, 3.63) is 71.3 Å². The Kier molecular flexibility index (Phi) is 3.88. The average molecular weight is 265 g/mol. The van der Waals surface area contributed by atoms with Crippen LogP contribution in [0.5, 0.6) is 0 Å². The van der Waals surface area contributed by atoms with Gasteiger partial charge in [-0.1, -0.05) is 74.4 Å². The smallest absolute Gasteiger partial charge is 0.0693 e. The van der Waals surface area contributed by atoms with Gasteiger partial charge in [-0.2, -0.15) is 0 Å². The van der Waals surface area contributed by atoms with Crippen LogP contribution in [0, 0.1) is 0 Å². The second-order valence-corrected chi connectivity index (χ2v) is 5.71. The lowest BCUT2D eigenvalue weighted by molar-refractivity contribution is 0.344. The number of fused-ring (bicyclic) bond motifs is 1. The zero-order valence-electron chi connectivity index (χ0n) is 12.2. The van der Waals surface area contributed by atoms with Gasteiger partial charge in [0, 0.05) is 6.54 Å². The summed E-state index contributed by atoms with van der Waals surface area (Å²) in [5.74, 6) is 0. The maximum Gasteiger partial charge on any atom is 0.0693 e. The van der Waals surface area contributed by atoms with Gasteiger partial charge < -0.3 is 5.32 Å². The first kappa shape index (κ1) is 13.4. The summed E-state index contributed by atoms with van der Waals surface area (Å²) in [5, 5.41) is 3.84. The lowest BCUT2D eigenvalue weighted by Gasteiger charge is -2.41. The Balaban J connectivity index is 2.12. The van der Waals surface area contributed by atoms with E-state index < -0.39 is 0 Å². The van der Waals surface area contributed by atoms with E-state index in [9.17, 15) is 0 Å². The maximum atomic E-state index is 3.84. The first-order valence-corrected chi connectivity index (χ1v) is 7.76. The van der Waals surface area contributed by atoms with Crippen LogP contribution in [0.25, 0.3) is 0 Å². The molecule has 1 heterocycles. The SMILES string of the molecule is CCCCC1(c2ccccc2)NCCc2ccccc21. The molecule has 1 aliphatic rings. The van der Waals surface area contributed by atoms with E-state index in [2.05, 4.69) is 66.8 Å². The van der Waals surface area contributed by atoms with Gasteiger partial charge in [0.25, 0.3) is 0 Å². The van der Waals surface area contributed by atoms with Crippen molar-refractivity contribution in [1.29, 1.82) is 0 Å². The normalized spacial score (nSPS) is 21.4. The van der Waals surface area contributed by atoms with Crippen molar-refractivity contribution in [1.82, 2.24) is 5.32 Å². The molecule has 0 aliphatic carbocycles. The van der Waals surface area contributed by atoms with E-state index in [0.717, 1.165) is 13.0 Å². The molecule has 3 rings (SSSR count). The summed E-state index contributed by atoms with van der Waals surface area (Å²) in [5.41, 5.74) is 4.39. The van der Waals surface area contributed by atoms with Gasteiger partial charge in [-0.3, -0.25) is 0 Å². The highest BCUT2D eigenvalue weighted by atomic mass is 15.0. The highest BCUT2D eigenvalue weighted by molar-refractivity contribution is 5.45. The highest BCUT2D eigenvalue weighted by Crippen LogP contribution is 2.38. The lowest BCUT2D eigenvalue weighted by Crippen LogP contribution is -2.48. The summed E-state index contributed by atoms with van der Waals surface area (Å²) >= 11 is 0. The first-order valence-electron chi connectivity index (χ1n) is 7.76. The van der Waals surface area contributed by atoms with E-state index in [1.807, 2.05) is 0 Å². The molecule has 0 spiro atoms. The molecule has 1 atom stereocenters. The second kappa shape index (κ2) is 5.80. The summed E-state index contributed by atoms with van der Waals surface area (Å²) in [6.45, 7) is 3.34. The minimum absolute atomic E-state index is 0.00606. The number of hydrogen-bond acceptors (Lipinski definition) is 1. The van der Waals surface area contributed by atoms with Gasteiger partial charge in [0.1, 0.15) is 0 Å². The molecule has 1 N–H and O–H groups in total. The molecular weight excluding hydrogens is 242 g/mol. The van der Waals surface area contributed by atoms with Crippen LogP contribution in [0.4, 0.5) is 0 Å². The van der Waals surface area contributed by atoms with Crippen LogP contribution in [-0.2, 0) is 12.0 Å². The fraction of sp³-hybridized carbons (Fsp3) is 0.368. The monoisotopic (exact) mass is 265 g/mol. The van der Waals surface area contributed by atoms with Gasteiger partial charge in [-0.05, 0) is 29.5 Å². The Labute approximate surface area is 122 Å². The topological polar surface area (TPSA) is 12.0 Å². The zero-order chi connectivity index (χ0) is 13.8. The van der Waals surface area contributed by atoms with Crippen LogP contribution in [0.1, 0.15) is 42.9 Å². The average Bonchev–Trinajstić information content (AvgIpc) is 2.54. The third-order valence-electron chi connectivity index (χ3n) is 4.47. The van der Waals surface area contributed by atoms with Crippen molar-refractivity contribution in [3.63, 3.8) is 0 Å². The summed E-state index contributed by atoms with van der Waals surface area (Å²) < 4.78 is 0. The van der Waals surface area contributed by atoms with Gasteiger partial charge in [-0.15, -0.1) is 0 Å². The lowest BCUT2D eigenvalue weighted by atomic mass is 9.74. The molecule has 0 fully saturated rings. The van der Waals surface area contributed by atoms with Gasteiger partial charge in [0.2, 0.25) is 0 Å². The van der Waals surface area contributed by atoms with Crippen LogP contribution in [0.3, 0.4) is 0 Å². The largest absolute Gasteiger partial charge is 0.303 e. The van der Waals surface area contributed by atoms with Crippen molar-refractivity contribution in [2.45, 2.75) is 38.1 Å². The number of nitrogens with one attached hydrogen (secondary N) is 1. The van der Waals surface area contributed by atoms with Crippen molar-refractivity contribution >= 4 is 0 Å². The molecule has 104 valence electrons. The van der Waals surface area contributed by atoms with Crippen molar-refractivity contribution in [2.75, 3.05) is 6.54 Å². The molecule has 20 heavy (non-hydrogen) atoms. The van der Waals surface area contributed by atoms with Crippen LogP contribution in [0.2, 0.25) is 0 Å². The predicted octanol–water partition coefficient (Wildman–Crippen LogP) is 4.27. The third kappa shape index (κ3) is 2.27. The fourth-order valence-corrected chi connectivity index (χ4v) is 3.45. The molecule has 0 saturated heterocycles. The molecule has 0 aromatic heterocycles. The molecule has 0 amide bonds. The van der Waals surface area contributed by atoms with Crippen molar-refractivity contribution in [2.24, 2.45) is 0 Å². The number of hydrogen-bond donors (Lipinski definition) is 1. The van der Waals surface area contributed by atoms with Crippen LogP contribution >= 0.6 is 0 Å². The zero-order valence-corrected chi connectivity index (χ0v) is 12.2. The molecule has 1 unspecified atom stereocenters. The molecule has 2 aromatic rings. The van der Waals surface area contributed by atoms with E-state index in [0.29, 0.717) is 0 Å². The molecule has 0 bridgehead atoms. The molecule has 1 nitrogen and oxygen atoms in total. The molecule has 1 heteroatoms. The van der Waals surface area contributed by atoms with Crippen LogP contribution < -0.4 is 5.32 Å². The standard InChI is InChI=1S/C19H23N/c1-2-3-14-19(17-10-5-4-6-11-17)18-12-8-7-9-16(18)13-15-20-19/h4-12,20H,2-3,13-15H2,1H3. The molecule has 2 aromatic carbocycles. The number of benzene rings is 2. The van der Waals surface area contributed by atoms with Gasteiger partial charge in [0.05, 0.1) is 5.54 Å². The molecule has 0 radical (unpaired) electrons. The predicted molar refractivity (Wildman–Crippen MR) is 84.9 cm³/mol. The van der Waals surface area contributed by atoms with Crippen LogP contribution in [0.15, 0.2) is 54.6 Å². The quantitative estimate of drug-likeness (QED) is 0.870. The summed E-state index contributed by atoms with van der Waals surface area (Å²) in [6, 6.07) is 19.9. The molecule has 0 saturated carbocycles. The minimum atomic E-state index is 0.00606. The van der Waals surface area contributed by atoms with Crippen molar-refractivity contribution < 1.29 is 0 Å². The van der Waals surface area contributed by atoms with Crippen LogP contribution in [-0.4, -0.2) is 6.54 Å². The van der Waals surface area contributed by atoms with Gasteiger partial charge >= 0.3 is 0 Å². The Bertz CT molecular complexity index is 561. The number of rotatable bonds is 4. The Morgan fingerprint density at radius 1 is 1.00 bits per heavy atom. The van der Waals surface area contributed by atoms with Gasteiger partial charge in [0.15, 0.2) is 0 Å². The van der Waals surface area contributed by atoms with E-state index in [-0.39, 0.29) is 5.54 Å².